The van der Waals surface area contributed by atoms with E-state index in [0.29, 0.717) is 11.3 Å². The Hall–Kier alpha value is -1.32. The molecule has 20 heavy (non-hydrogen) atoms. The van der Waals surface area contributed by atoms with Crippen LogP contribution < -0.4 is 10.6 Å². The number of hydrogen-bond donors (Lipinski definition) is 2. The standard InChI is InChI=1S/C16H28N4/c1-5-9-17-13-10-14(20-15(19-13)12(3)4)18-11-16(6-2)7-8-16/h10,12H,5-9,11H2,1-4H3,(H2,17,18,19,20). The molecule has 2 N–H and O–H groups in total. The van der Waals surface area contributed by atoms with Gasteiger partial charge in [-0.15, -0.1) is 0 Å². The number of rotatable bonds is 8. The van der Waals surface area contributed by atoms with Gasteiger partial charge in [0.05, 0.1) is 0 Å². The number of nitrogens with one attached hydrogen (secondary N) is 2. The largest absolute Gasteiger partial charge is 0.370 e. The summed E-state index contributed by atoms with van der Waals surface area (Å²) in [6.07, 6.45) is 5.05. The molecule has 0 spiro atoms. The van der Waals surface area contributed by atoms with Crippen LogP contribution in [-0.4, -0.2) is 23.1 Å². The number of nitrogens with zero attached hydrogens (tertiary/aromatic N) is 2. The van der Waals surface area contributed by atoms with Crippen LogP contribution in [0.25, 0.3) is 0 Å². The predicted octanol–water partition coefficient (Wildman–Crippen LogP) is 4.02. The molecule has 0 radical (unpaired) electrons. The Morgan fingerprint density at radius 2 is 1.80 bits per heavy atom. The summed E-state index contributed by atoms with van der Waals surface area (Å²) in [5, 5.41) is 6.88. The maximum absolute atomic E-state index is 4.64. The fraction of sp³-hybridized carbons (Fsp3) is 0.750. The SMILES string of the molecule is CCCNc1cc(NCC2(CC)CC2)nc(C(C)C)n1. The van der Waals surface area contributed by atoms with Gasteiger partial charge in [-0.1, -0.05) is 27.7 Å². The van der Waals surface area contributed by atoms with Gasteiger partial charge in [-0.05, 0) is 31.1 Å². The molecule has 0 unspecified atom stereocenters. The quantitative estimate of drug-likeness (QED) is 0.753. The van der Waals surface area contributed by atoms with E-state index >= 15 is 0 Å². The minimum absolute atomic E-state index is 0.347. The van der Waals surface area contributed by atoms with Gasteiger partial charge in [0.25, 0.3) is 0 Å². The molecule has 2 rings (SSSR count). The van der Waals surface area contributed by atoms with Crippen molar-refractivity contribution in [1.29, 1.82) is 0 Å². The van der Waals surface area contributed by atoms with Crippen molar-refractivity contribution < 1.29 is 0 Å². The minimum atomic E-state index is 0.347. The van der Waals surface area contributed by atoms with Gasteiger partial charge in [-0.25, -0.2) is 9.97 Å². The van der Waals surface area contributed by atoms with Crippen LogP contribution in [0.1, 0.15) is 65.1 Å². The first kappa shape index (κ1) is 15.1. The molecule has 4 heteroatoms. The van der Waals surface area contributed by atoms with Crippen LogP contribution in [0.5, 0.6) is 0 Å². The molecule has 0 saturated heterocycles. The Morgan fingerprint density at radius 3 is 2.30 bits per heavy atom. The molecule has 1 fully saturated rings. The summed E-state index contributed by atoms with van der Waals surface area (Å²) in [6.45, 7) is 10.7. The van der Waals surface area contributed by atoms with Crippen LogP contribution in [0.3, 0.4) is 0 Å². The van der Waals surface area contributed by atoms with Crippen molar-refractivity contribution in [3.63, 3.8) is 0 Å². The molecule has 0 aromatic carbocycles. The maximum atomic E-state index is 4.64. The van der Waals surface area contributed by atoms with Crippen LogP contribution in [0, 0.1) is 5.41 Å². The molecule has 0 atom stereocenters. The molecule has 1 aromatic heterocycles. The molecule has 1 aliphatic rings. The van der Waals surface area contributed by atoms with E-state index in [-0.39, 0.29) is 0 Å². The third kappa shape index (κ3) is 3.84. The van der Waals surface area contributed by atoms with Crippen LogP contribution >= 0.6 is 0 Å². The van der Waals surface area contributed by atoms with Crippen LogP contribution in [-0.2, 0) is 0 Å². The Kier molecular flexibility index (Phi) is 4.84. The second-order valence-corrected chi connectivity index (χ2v) is 6.29. The van der Waals surface area contributed by atoms with E-state index < -0.39 is 0 Å². The van der Waals surface area contributed by atoms with E-state index in [9.17, 15) is 0 Å². The monoisotopic (exact) mass is 276 g/mol. The summed E-state index contributed by atoms with van der Waals surface area (Å²) in [4.78, 5) is 9.23. The highest BCUT2D eigenvalue weighted by Gasteiger charge is 2.40. The lowest BCUT2D eigenvalue weighted by Gasteiger charge is -2.16. The number of hydrogen-bond acceptors (Lipinski definition) is 4. The lowest BCUT2D eigenvalue weighted by Crippen LogP contribution is -2.16. The Labute approximate surface area is 122 Å². The van der Waals surface area contributed by atoms with Gasteiger partial charge in [-0.2, -0.15) is 0 Å². The summed E-state index contributed by atoms with van der Waals surface area (Å²) >= 11 is 0. The summed E-state index contributed by atoms with van der Waals surface area (Å²) in [5.41, 5.74) is 0.528. The van der Waals surface area contributed by atoms with E-state index in [1.54, 1.807) is 0 Å². The minimum Gasteiger partial charge on any atom is -0.370 e. The van der Waals surface area contributed by atoms with E-state index in [1.165, 1.54) is 19.3 Å². The lowest BCUT2D eigenvalue weighted by atomic mass is 10.0. The molecule has 0 aliphatic heterocycles. The van der Waals surface area contributed by atoms with Gasteiger partial charge < -0.3 is 10.6 Å². The second kappa shape index (κ2) is 6.42. The highest BCUT2D eigenvalue weighted by Crippen LogP contribution is 2.48. The van der Waals surface area contributed by atoms with Crippen molar-refractivity contribution in [3.05, 3.63) is 11.9 Å². The maximum Gasteiger partial charge on any atom is 0.135 e. The third-order valence-corrected chi connectivity index (χ3v) is 4.17. The lowest BCUT2D eigenvalue weighted by molar-refractivity contribution is 0.520. The van der Waals surface area contributed by atoms with Crippen molar-refractivity contribution in [2.45, 2.75) is 59.3 Å². The molecular formula is C16H28N4. The fourth-order valence-corrected chi connectivity index (χ4v) is 2.27. The second-order valence-electron chi connectivity index (χ2n) is 6.29. The van der Waals surface area contributed by atoms with E-state index in [4.69, 9.17) is 0 Å². The molecule has 1 aliphatic carbocycles. The molecule has 0 bridgehead atoms. The van der Waals surface area contributed by atoms with E-state index in [1.807, 2.05) is 6.07 Å². The first-order valence-corrected chi connectivity index (χ1v) is 7.95. The smallest absolute Gasteiger partial charge is 0.135 e. The van der Waals surface area contributed by atoms with Gasteiger partial charge >= 0.3 is 0 Å². The zero-order valence-electron chi connectivity index (χ0n) is 13.3. The van der Waals surface area contributed by atoms with Gasteiger partial charge in [0.15, 0.2) is 0 Å². The van der Waals surface area contributed by atoms with Gasteiger partial charge in [-0.3, -0.25) is 0 Å². The molecule has 0 amide bonds. The Morgan fingerprint density at radius 1 is 1.15 bits per heavy atom. The molecular weight excluding hydrogens is 248 g/mol. The first-order chi connectivity index (χ1) is 9.58. The average Bonchev–Trinajstić information content (AvgIpc) is 3.23. The highest BCUT2D eigenvalue weighted by atomic mass is 15.1. The van der Waals surface area contributed by atoms with Crippen LogP contribution in [0.2, 0.25) is 0 Å². The van der Waals surface area contributed by atoms with Crippen molar-refractivity contribution >= 4 is 11.6 Å². The normalized spacial score (nSPS) is 16.2. The van der Waals surface area contributed by atoms with Crippen LogP contribution in [0.4, 0.5) is 11.6 Å². The molecule has 1 saturated carbocycles. The number of aromatic nitrogens is 2. The topological polar surface area (TPSA) is 49.8 Å². The highest BCUT2D eigenvalue weighted by molar-refractivity contribution is 5.48. The summed E-state index contributed by atoms with van der Waals surface area (Å²) in [7, 11) is 0. The third-order valence-electron chi connectivity index (χ3n) is 4.17. The zero-order valence-corrected chi connectivity index (χ0v) is 13.3. The molecule has 1 aromatic rings. The van der Waals surface area contributed by atoms with Crippen molar-refractivity contribution in [2.75, 3.05) is 23.7 Å². The van der Waals surface area contributed by atoms with Crippen molar-refractivity contribution in [3.8, 4) is 0 Å². The van der Waals surface area contributed by atoms with Crippen molar-refractivity contribution in [1.82, 2.24) is 9.97 Å². The Balaban J connectivity index is 2.07. The zero-order chi connectivity index (χ0) is 14.6. The van der Waals surface area contributed by atoms with E-state index in [2.05, 4.69) is 48.3 Å². The number of anilines is 2. The summed E-state index contributed by atoms with van der Waals surface area (Å²) < 4.78 is 0. The summed E-state index contributed by atoms with van der Waals surface area (Å²) in [5.74, 6) is 3.16. The fourth-order valence-electron chi connectivity index (χ4n) is 2.27. The van der Waals surface area contributed by atoms with Gasteiger partial charge in [0, 0.05) is 25.1 Å². The van der Waals surface area contributed by atoms with E-state index in [0.717, 1.165) is 37.0 Å². The molecule has 1 heterocycles. The van der Waals surface area contributed by atoms with Gasteiger partial charge in [0.1, 0.15) is 17.5 Å². The average molecular weight is 276 g/mol. The predicted molar refractivity (Wildman–Crippen MR) is 85.3 cm³/mol. The summed E-state index contributed by atoms with van der Waals surface area (Å²) in [6, 6.07) is 2.04. The van der Waals surface area contributed by atoms with Gasteiger partial charge in [0.2, 0.25) is 0 Å². The molecule has 112 valence electrons. The van der Waals surface area contributed by atoms with Crippen LogP contribution in [0.15, 0.2) is 6.07 Å². The van der Waals surface area contributed by atoms with Crippen molar-refractivity contribution in [2.24, 2.45) is 5.41 Å². The Bertz CT molecular complexity index is 438. The molecule has 4 nitrogen and oxygen atoms in total. The first-order valence-electron chi connectivity index (χ1n) is 7.95.